The van der Waals surface area contributed by atoms with Gasteiger partial charge >= 0.3 is 0 Å². The average molecular weight is 178 g/mol. The van der Waals surface area contributed by atoms with Crippen LogP contribution in [0.4, 0.5) is 8.78 Å². The number of carbonyl (C=O) groups excluding carboxylic acids is 1. The topological polar surface area (TPSA) is 55.1 Å². The van der Waals surface area contributed by atoms with Crippen LogP contribution in [0.5, 0.6) is 0 Å². The van der Waals surface area contributed by atoms with Crippen molar-refractivity contribution in [1.29, 1.82) is 0 Å². The van der Waals surface area contributed by atoms with Gasteiger partial charge in [-0.05, 0) is 12.8 Å². The second-order valence-electron chi connectivity index (χ2n) is 3.05. The number of carbonyl (C=O) groups is 1. The molecular weight excluding hydrogens is 166 g/mol. The van der Waals surface area contributed by atoms with E-state index in [4.69, 9.17) is 5.73 Å². The summed E-state index contributed by atoms with van der Waals surface area (Å²) in [5.41, 5.74) is 4.78. The van der Waals surface area contributed by atoms with Gasteiger partial charge < -0.3 is 11.1 Å². The van der Waals surface area contributed by atoms with Gasteiger partial charge in [0.1, 0.15) is 0 Å². The lowest BCUT2D eigenvalue weighted by Gasteiger charge is -2.13. The predicted molar refractivity (Wildman–Crippen MR) is 39.7 cm³/mol. The maximum absolute atomic E-state index is 12.5. The van der Waals surface area contributed by atoms with E-state index in [2.05, 4.69) is 5.32 Å². The Kier molecular flexibility index (Phi) is 2.62. The Hall–Kier alpha value is -0.710. The summed E-state index contributed by atoms with van der Waals surface area (Å²) in [6.45, 7) is -1.36. The van der Waals surface area contributed by atoms with Gasteiger partial charge in [-0.2, -0.15) is 0 Å². The van der Waals surface area contributed by atoms with Crippen molar-refractivity contribution in [1.82, 2.24) is 5.32 Å². The molecule has 5 heteroatoms. The summed E-state index contributed by atoms with van der Waals surface area (Å²) in [4.78, 5) is 10.9. The van der Waals surface area contributed by atoms with Gasteiger partial charge in [-0.15, -0.1) is 0 Å². The van der Waals surface area contributed by atoms with E-state index in [1.165, 1.54) is 0 Å². The maximum Gasteiger partial charge on any atom is 0.277 e. The van der Waals surface area contributed by atoms with E-state index in [1.807, 2.05) is 0 Å². The normalized spacial score (nSPS) is 17.6. The van der Waals surface area contributed by atoms with Gasteiger partial charge in [-0.25, -0.2) is 8.78 Å². The Bertz CT molecular complexity index is 180. The molecule has 0 spiro atoms. The van der Waals surface area contributed by atoms with Crippen molar-refractivity contribution in [3.8, 4) is 0 Å². The Morgan fingerprint density at radius 2 is 2.17 bits per heavy atom. The van der Waals surface area contributed by atoms with E-state index in [0.29, 0.717) is 0 Å². The molecule has 0 bridgehead atoms. The average Bonchev–Trinajstić information content (AvgIpc) is 2.83. The third kappa shape index (κ3) is 2.73. The standard InChI is InChI=1S/C7H12F2N2O/c8-7(9,3-10)4-11-6(12)5-1-2-5/h5H,1-4,10H2,(H,11,12). The smallest absolute Gasteiger partial charge is 0.277 e. The van der Waals surface area contributed by atoms with Crippen molar-refractivity contribution < 1.29 is 13.6 Å². The highest BCUT2D eigenvalue weighted by Crippen LogP contribution is 2.28. The highest BCUT2D eigenvalue weighted by molar-refractivity contribution is 5.80. The number of amides is 1. The van der Waals surface area contributed by atoms with E-state index in [9.17, 15) is 13.6 Å². The van der Waals surface area contributed by atoms with Crippen molar-refractivity contribution in [3.05, 3.63) is 0 Å². The van der Waals surface area contributed by atoms with E-state index in [0.717, 1.165) is 12.8 Å². The predicted octanol–water partition coefficient (Wildman–Crippen LogP) is 0.107. The van der Waals surface area contributed by atoms with Crippen molar-refractivity contribution >= 4 is 5.91 Å². The molecule has 12 heavy (non-hydrogen) atoms. The molecule has 1 aliphatic carbocycles. The van der Waals surface area contributed by atoms with Crippen LogP contribution >= 0.6 is 0 Å². The van der Waals surface area contributed by atoms with Gasteiger partial charge in [-0.1, -0.05) is 0 Å². The fourth-order valence-electron chi connectivity index (χ4n) is 0.778. The highest BCUT2D eigenvalue weighted by atomic mass is 19.3. The van der Waals surface area contributed by atoms with E-state index >= 15 is 0 Å². The second-order valence-corrected chi connectivity index (χ2v) is 3.05. The maximum atomic E-state index is 12.5. The van der Waals surface area contributed by atoms with E-state index < -0.39 is 19.0 Å². The first kappa shape index (κ1) is 9.38. The van der Waals surface area contributed by atoms with Crippen LogP contribution in [0.25, 0.3) is 0 Å². The fraction of sp³-hybridized carbons (Fsp3) is 0.857. The molecule has 0 aromatic heterocycles. The van der Waals surface area contributed by atoms with Gasteiger partial charge in [0.05, 0.1) is 13.1 Å². The molecule has 0 aliphatic heterocycles. The monoisotopic (exact) mass is 178 g/mol. The van der Waals surface area contributed by atoms with Crippen molar-refractivity contribution in [3.63, 3.8) is 0 Å². The molecular formula is C7H12F2N2O. The molecule has 0 heterocycles. The van der Waals surface area contributed by atoms with Gasteiger partial charge in [0.25, 0.3) is 5.92 Å². The van der Waals surface area contributed by atoms with E-state index in [-0.39, 0.29) is 11.8 Å². The lowest BCUT2D eigenvalue weighted by Crippen LogP contribution is -2.42. The zero-order valence-corrected chi connectivity index (χ0v) is 6.65. The van der Waals surface area contributed by atoms with Gasteiger partial charge in [0.2, 0.25) is 5.91 Å². The Morgan fingerprint density at radius 3 is 2.58 bits per heavy atom. The summed E-state index contributed by atoms with van der Waals surface area (Å²) < 4.78 is 24.9. The zero-order chi connectivity index (χ0) is 9.19. The molecule has 1 rings (SSSR count). The summed E-state index contributed by atoms with van der Waals surface area (Å²) in [6.07, 6.45) is 1.64. The molecule has 0 aromatic rings. The second kappa shape index (κ2) is 3.35. The van der Waals surface area contributed by atoms with Crippen LogP contribution in [0.1, 0.15) is 12.8 Å². The zero-order valence-electron chi connectivity index (χ0n) is 6.65. The van der Waals surface area contributed by atoms with E-state index in [1.54, 1.807) is 0 Å². The highest BCUT2D eigenvalue weighted by Gasteiger charge is 2.33. The Morgan fingerprint density at radius 1 is 1.58 bits per heavy atom. The Balaban J connectivity index is 2.19. The molecule has 0 saturated heterocycles. The number of hydrogen-bond acceptors (Lipinski definition) is 2. The quantitative estimate of drug-likeness (QED) is 0.641. The molecule has 1 aliphatic rings. The van der Waals surface area contributed by atoms with Crippen molar-refractivity contribution in [2.24, 2.45) is 11.7 Å². The molecule has 70 valence electrons. The van der Waals surface area contributed by atoms with Crippen molar-refractivity contribution in [2.75, 3.05) is 13.1 Å². The number of nitrogens with one attached hydrogen (secondary N) is 1. The first-order valence-corrected chi connectivity index (χ1v) is 3.91. The number of alkyl halides is 2. The largest absolute Gasteiger partial charge is 0.350 e. The molecule has 0 aromatic carbocycles. The van der Waals surface area contributed by atoms with Gasteiger partial charge in [0.15, 0.2) is 0 Å². The summed E-state index contributed by atoms with van der Waals surface area (Å²) >= 11 is 0. The number of nitrogens with two attached hydrogens (primary N) is 1. The lowest BCUT2D eigenvalue weighted by molar-refractivity contribution is -0.124. The third-order valence-corrected chi connectivity index (χ3v) is 1.77. The summed E-state index contributed by atoms with van der Waals surface area (Å²) in [6, 6.07) is 0. The molecule has 3 N–H and O–H groups in total. The third-order valence-electron chi connectivity index (χ3n) is 1.77. The minimum atomic E-state index is -2.97. The van der Waals surface area contributed by atoms with Crippen LogP contribution in [0.15, 0.2) is 0 Å². The van der Waals surface area contributed by atoms with Crippen LogP contribution < -0.4 is 11.1 Å². The summed E-state index contributed by atoms with van der Waals surface area (Å²) in [5.74, 6) is -3.27. The summed E-state index contributed by atoms with van der Waals surface area (Å²) in [5, 5.41) is 2.17. The van der Waals surface area contributed by atoms with Crippen LogP contribution in [0.2, 0.25) is 0 Å². The minimum absolute atomic E-state index is 0.0291. The lowest BCUT2D eigenvalue weighted by atomic mass is 10.3. The molecule has 1 saturated carbocycles. The number of rotatable bonds is 4. The molecule has 0 radical (unpaired) electrons. The molecule has 0 unspecified atom stereocenters. The first-order valence-electron chi connectivity index (χ1n) is 3.91. The number of hydrogen-bond donors (Lipinski definition) is 2. The minimum Gasteiger partial charge on any atom is -0.350 e. The Labute approximate surface area is 69.3 Å². The van der Waals surface area contributed by atoms with Crippen LogP contribution in [-0.4, -0.2) is 24.9 Å². The van der Waals surface area contributed by atoms with Crippen molar-refractivity contribution in [2.45, 2.75) is 18.8 Å². The van der Waals surface area contributed by atoms with Crippen LogP contribution in [0, 0.1) is 5.92 Å². The molecule has 1 amide bonds. The van der Waals surface area contributed by atoms with Crippen LogP contribution in [-0.2, 0) is 4.79 Å². The summed E-state index contributed by atoms with van der Waals surface area (Å²) in [7, 11) is 0. The molecule has 3 nitrogen and oxygen atoms in total. The number of halogens is 2. The fourth-order valence-corrected chi connectivity index (χ4v) is 0.778. The SMILES string of the molecule is NCC(F)(F)CNC(=O)C1CC1. The van der Waals surface area contributed by atoms with Gasteiger partial charge in [0, 0.05) is 5.92 Å². The molecule has 1 fully saturated rings. The first-order chi connectivity index (χ1) is 5.55. The van der Waals surface area contributed by atoms with Crippen LogP contribution in [0.3, 0.4) is 0 Å². The molecule has 0 atom stereocenters. The van der Waals surface area contributed by atoms with Gasteiger partial charge in [-0.3, -0.25) is 4.79 Å².